The van der Waals surface area contributed by atoms with Gasteiger partial charge in [-0.2, -0.15) is 0 Å². The molecule has 2 rings (SSSR count). The van der Waals surface area contributed by atoms with Gasteiger partial charge in [-0.25, -0.2) is 4.98 Å². The summed E-state index contributed by atoms with van der Waals surface area (Å²) in [6.45, 7) is 3.98. The van der Waals surface area contributed by atoms with Gasteiger partial charge in [0.1, 0.15) is 5.82 Å². The van der Waals surface area contributed by atoms with Gasteiger partial charge in [0.2, 0.25) is 0 Å². The summed E-state index contributed by atoms with van der Waals surface area (Å²) in [5.74, 6) is 0.806. The molecule has 88 valence electrons. The van der Waals surface area contributed by atoms with E-state index in [0.717, 1.165) is 22.4 Å². The van der Waals surface area contributed by atoms with Gasteiger partial charge in [-0.1, -0.05) is 5.57 Å². The number of nitrogens with zero attached hydrogens (tertiary/aromatic N) is 3. The van der Waals surface area contributed by atoms with Gasteiger partial charge in [0.05, 0.1) is 16.0 Å². The predicted molar refractivity (Wildman–Crippen MR) is 66.7 cm³/mol. The number of aromatic nitrogens is 2. The molecule has 0 saturated heterocycles. The van der Waals surface area contributed by atoms with Crippen LogP contribution < -0.4 is 0 Å². The van der Waals surface area contributed by atoms with Gasteiger partial charge in [-0.15, -0.1) is 0 Å². The molecule has 0 amide bonds. The van der Waals surface area contributed by atoms with Crippen LogP contribution in [0.4, 0.5) is 5.69 Å². The number of imidazole rings is 1. The molecule has 5 nitrogen and oxygen atoms in total. The van der Waals surface area contributed by atoms with E-state index >= 15 is 0 Å². The van der Waals surface area contributed by atoms with Gasteiger partial charge in [-0.3, -0.25) is 10.1 Å². The Morgan fingerprint density at radius 1 is 1.47 bits per heavy atom. The summed E-state index contributed by atoms with van der Waals surface area (Å²) < 4.78 is 1.86. The Morgan fingerprint density at radius 2 is 2.18 bits per heavy atom. The van der Waals surface area contributed by atoms with Crippen molar-refractivity contribution in [1.82, 2.24) is 9.55 Å². The van der Waals surface area contributed by atoms with E-state index in [-0.39, 0.29) is 5.69 Å². The van der Waals surface area contributed by atoms with Gasteiger partial charge in [-0.05, 0) is 26.0 Å². The molecule has 0 atom stereocenters. The minimum Gasteiger partial charge on any atom is -0.327 e. The van der Waals surface area contributed by atoms with Gasteiger partial charge in [0, 0.05) is 19.2 Å². The standard InChI is InChI=1S/C12H13N3O2/c1-8(2)6-12-13-10-5-4-9(15(16)17)7-11(10)14(12)3/h4-7H,1-3H3. The molecule has 0 unspecified atom stereocenters. The molecule has 0 fully saturated rings. The highest BCUT2D eigenvalue weighted by atomic mass is 16.6. The lowest BCUT2D eigenvalue weighted by molar-refractivity contribution is -0.384. The molecule has 0 radical (unpaired) electrons. The number of fused-ring (bicyclic) bond motifs is 1. The topological polar surface area (TPSA) is 61.0 Å². The Hall–Kier alpha value is -2.17. The lowest BCUT2D eigenvalue weighted by Crippen LogP contribution is -1.92. The van der Waals surface area contributed by atoms with Crippen molar-refractivity contribution in [3.8, 4) is 0 Å². The second-order valence-corrected chi connectivity index (χ2v) is 4.18. The summed E-state index contributed by atoms with van der Waals surface area (Å²) in [5, 5.41) is 10.7. The Kier molecular flexibility index (Phi) is 2.67. The molecule has 17 heavy (non-hydrogen) atoms. The van der Waals surface area contributed by atoms with E-state index in [1.165, 1.54) is 6.07 Å². The number of hydrogen-bond donors (Lipinski definition) is 0. The van der Waals surface area contributed by atoms with Crippen molar-refractivity contribution in [3.63, 3.8) is 0 Å². The Balaban J connectivity index is 2.66. The van der Waals surface area contributed by atoms with E-state index in [4.69, 9.17) is 0 Å². The average Bonchev–Trinajstić information content (AvgIpc) is 2.55. The third-order valence-electron chi connectivity index (χ3n) is 2.53. The largest absolute Gasteiger partial charge is 0.327 e. The van der Waals surface area contributed by atoms with Crippen LogP contribution in [0, 0.1) is 10.1 Å². The lowest BCUT2D eigenvalue weighted by Gasteiger charge is -1.97. The molecule has 0 N–H and O–H groups in total. The van der Waals surface area contributed by atoms with Crippen molar-refractivity contribution in [3.05, 3.63) is 39.7 Å². The van der Waals surface area contributed by atoms with Gasteiger partial charge < -0.3 is 4.57 Å². The summed E-state index contributed by atoms with van der Waals surface area (Å²) >= 11 is 0. The van der Waals surface area contributed by atoms with Crippen LogP contribution in [0.2, 0.25) is 0 Å². The van der Waals surface area contributed by atoms with Crippen LogP contribution in [0.1, 0.15) is 19.7 Å². The van der Waals surface area contributed by atoms with Gasteiger partial charge in [0.25, 0.3) is 5.69 Å². The smallest absolute Gasteiger partial charge is 0.271 e. The first-order valence-corrected chi connectivity index (χ1v) is 5.25. The second-order valence-electron chi connectivity index (χ2n) is 4.18. The molecule has 0 aliphatic heterocycles. The first kappa shape index (κ1) is 11.3. The maximum atomic E-state index is 10.7. The predicted octanol–water partition coefficient (Wildman–Crippen LogP) is 2.90. The molecule has 1 aromatic carbocycles. The molecule has 0 spiro atoms. The molecule has 0 bridgehead atoms. The zero-order chi connectivity index (χ0) is 12.6. The number of rotatable bonds is 2. The molecule has 1 aromatic heterocycles. The highest BCUT2D eigenvalue weighted by Crippen LogP contribution is 2.22. The third kappa shape index (κ3) is 2.04. The Morgan fingerprint density at radius 3 is 2.76 bits per heavy atom. The van der Waals surface area contributed by atoms with Crippen molar-refractivity contribution in [2.24, 2.45) is 7.05 Å². The van der Waals surface area contributed by atoms with Crippen LogP contribution in [0.15, 0.2) is 23.8 Å². The zero-order valence-corrected chi connectivity index (χ0v) is 9.97. The highest BCUT2D eigenvalue weighted by molar-refractivity contribution is 5.80. The number of benzene rings is 1. The van der Waals surface area contributed by atoms with Crippen molar-refractivity contribution >= 4 is 22.8 Å². The molecule has 2 aromatic rings. The van der Waals surface area contributed by atoms with Crippen molar-refractivity contribution < 1.29 is 4.92 Å². The number of non-ortho nitro benzene ring substituents is 1. The van der Waals surface area contributed by atoms with Crippen LogP contribution in [0.3, 0.4) is 0 Å². The molecular formula is C12H13N3O2. The Labute approximate surface area is 98.5 Å². The van der Waals surface area contributed by atoms with Crippen LogP contribution in [0.25, 0.3) is 17.1 Å². The van der Waals surface area contributed by atoms with Crippen LogP contribution in [-0.2, 0) is 7.05 Å². The second kappa shape index (κ2) is 4.01. The summed E-state index contributed by atoms with van der Waals surface area (Å²) in [6, 6.07) is 4.70. The average molecular weight is 231 g/mol. The van der Waals surface area contributed by atoms with E-state index in [2.05, 4.69) is 4.98 Å². The van der Waals surface area contributed by atoms with Gasteiger partial charge >= 0.3 is 0 Å². The first-order chi connectivity index (χ1) is 7.99. The number of nitro groups is 1. The van der Waals surface area contributed by atoms with Crippen LogP contribution in [0.5, 0.6) is 0 Å². The van der Waals surface area contributed by atoms with E-state index < -0.39 is 4.92 Å². The Bertz CT molecular complexity index is 622. The molecule has 5 heteroatoms. The maximum absolute atomic E-state index is 10.7. The lowest BCUT2D eigenvalue weighted by atomic mass is 10.3. The minimum atomic E-state index is -0.396. The van der Waals surface area contributed by atoms with Crippen LogP contribution >= 0.6 is 0 Å². The van der Waals surface area contributed by atoms with Crippen LogP contribution in [-0.4, -0.2) is 14.5 Å². The van der Waals surface area contributed by atoms with Crippen molar-refractivity contribution in [2.45, 2.75) is 13.8 Å². The third-order valence-corrected chi connectivity index (χ3v) is 2.53. The molecule has 0 aliphatic rings. The minimum absolute atomic E-state index is 0.0873. The fourth-order valence-corrected chi connectivity index (χ4v) is 1.70. The number of aryl methyl sites for hydroxylation is 1. The van der Waals surface area contributed by atoms with E-state index in [0.29, 0.717) is 0 Å². The molecule has 1 heterocycles. The fourth-order valence-electron chi connectivity index (χ4n) is 1.70. The zero-order valence-electron chi connectivity index (χ0n) is 9.97. The van der Waals surface area contributed by atoms with Gasteiger partial charge in [0.15, 0.2) is 0 Å². The van der Waals surface area contributed by atoms with Crippen molar-refractivity contribution in [2.75, 3.05) is 0 Å². The number of hydrogen-bond acceptors (Lipinski definition) is 3. The SMILES string of the molecule is CC(C)=Cc1nc2ccc([N+](=O)[O-])cc2n1C. The summed E-state index contributed by atoms with van der Waals surface area (Å²) in [7, 11) is 1.85. The quantitative estimate of drug-likeness (QED) is 0.589. The van der Waals surface area contributed by atoms with E-state index in [1.54, 1.807) is 12.1 Å². The molecule has 0 aliphatic carbocycles. The summed E-state index contributed by atoms with van der Waals surface area (Å²) in [6.07, 6.45) is 1.95. The normalized spacial score (nSPS) is 10.5. The highest BCUT2D eigenvalue weighted by Gasteiger charge is 2.11. The molecule has 0 saturated carbocycles. The van der Waals surface area contributed by atoms with E-state index in [1.807, 2.05) is 31.5 Å². The fraction of sp³-hybridized carbons (Fsp3) is 0.250. The number of allylic oxidation sites excluding steroid dienone is 1. The monoisotopic (exact) mass is 231 g/mol. The maximum Gasteiger partial charge on any atom is 0.271 e. The summed E-state index contributed by atoms with van der Waals surface area (Å²) in [4.78, 5) is 14.7. The first-order valence-electron chi connectivity index (χ1n) is 5.25. The molecular weight excluding hydrogens is 218 g/mol. The van der Waals surface area contributed by atoms with Crippen molar-refractivity contribution in [1.29, 1.82) is 0 Å². The number of nitro benzene ring substituents is 1. The summed E-state index contributed by atoms with van der Waals surface area (Å²) in [5.41, 5.74) is 2.76. The van der Waals surface area contributed by atoms with E-state index in [9.17, 15) is 10.1 Å².